The van der Waals surface area contributed by atoms with E-state index in [1.165, 1.54) is 0 Å². The summed E-state index contributed by atoms with van der Waals surface area (Å²) in [5, 5.41) is 0.161. The normalized spacial score (nSPS) is 12.1. The van der Waals surface area contributed by atoms with Gasteiger partial charge in [0.1, 0.15) is 6.61 Å². The quantitative estimate of drug-likeness (QED) is 0.323. The average Bonchev–Trinajstić information content (AvgIpc) is 2.11. The molecule has 94 valence electrons. The van der Waals surface area contributed by atoms with Gasteiger partial charge in [-0.2, -0.15) is 0 Å². The second-order valence-electron chi connectivity index (χ2n) is 4.99. The van der Waals surface area contributed by atoms with E-state index in [-0.39, 0.29) is 11.6 Å². The van der Waals surface area contributed by atoms with Crippen LogP contribution in [0.2, 0.25) is 18.1 Å². The molecule has 0 aromatic heterocycles. The van der Waals surface area contributed by atoms with Gasteiger partial charge in [-0.25, -0.2) is 4.79 Å². The highest BCUT2D eigenvalue weighted by molar-refractivity contribution is 6.74. The molecule has 0 unspecified atom stereocenters. The summed E-state index contributed by atoms with van der Waals surface area (Å²) in [5.41, 5.74) is 0. The molecule has 0 aliphatic rings. The summed E-state index contributed by atoms with van der Waals surface area (Å²) in [5.74, 6) is 0. The smallest absolute Gasteiger partial charge is 0.432 e. The SMILES string of the molecule is C=COC(=O)OCCO[Si](C)(C)C(C)(C)C. The molecule has 0 aromatic rings. The van der Waals surface area contributed by atoms with Crippen molar-refractivity contribution in [2.75, 3.05) is 13.2 Å². The highest BCUT2D eigenvalue weighted by Crippen LogP contribution is 2.36. The predicted octanol–water partition coefficient (Wildman–Crippen LogP) is 3.30. The van der Waals surface area contributed by atoms with Gasteiger partial charge in [0.25, 0.3) is 0 Å². The Morgan fingerprint density at radius 1 is 1.31 bits per heavy atom. The number of ether oxygens (including phenoxy) is 2. The molecule has 0 heterocycles. The van der Waals surface area contributed by atoms with Crippen molar-refractivity contribution in [3.8, 4) is 0 Å². The maximum absolute atomic E-state index is 10.8. The monoisotopic (exact) mass is 246 g/mol. The van der Waals surface area contributed by atoms with Crippen LogP contribution >= 0.6 is 0 Å². The van der Waals surface area contributed by atoms with Gasteiger partial charge in [-0.15, -0.1) is 0 Å². The van der Waals surface area contributed by atoms with Gasteiger partial charge in [0, 0.05) is 0 Å². The van der Waals surface area contributed by atoms with E-state index in [1.54, 1.807) is 0 Å². The van der Waals surface area contributed by atoms with E-state index < -0.39 is 14.5 Å². The van der Waals surface area contributed by atoms with Crippen molar-refractivity contribution < 1.29 is 18.7 Å². The third kappa shape index (κ3) is 5.32. The summed E-state index contributed by atoms with van der Waals surface area (Å²) in [6, 6.07) is 0. The summed E-state index contributed by atoms with van der Waals surface area (Å²) < 4.78 is 15.0. The van der Waals surface area contributed by atoms with E-state index in [0.717, 1.165) is 6.26 Å². The summed E-state index contributed by atoms with van der Waals surface area (Å²) >= 11 is 0. The molecule has 0 aromatic carbocycles. The number of carbonyl (C=O) groups is 1. The minimum absolute atomic E-state index is 0.161. The first-order valence-electron chi connectivity index (χ1n) is 5.29. The topological polar surface area (TPSA) is 44.8 Å². The Kier molecular flexibility index (Phi) is 5.75. The Morgan fingerprint density at radius 3 is 2.31 bits per heavy atom. The maximum Gasteiger partial charge on any atom is 0.513 e. The van der Waals surface area contributed by atoms with Crippen molar-refractivity contribution in [3.63, 3.8) is 0 Å². The third-order valence-corrected chi connectivity index (χ3v) is 7.29. The molecule has 0 saturated heterocycles. The Labute approximate surface area is 98.7 Å². The summed E-state index contributed by atoms with van der Waals surface area (Å²) in [6.07, 6.45) is 0.297. The van der Waals surface area contributed by atoms with Crippen LogP contribution in [0.4, 0.5) is 4.79 Å². The first-order chi connectivity index (χ1) is 7.20. The highest BCUT2D eigenvalue weighted by atomic mass is 28.4. The lowest BCUT2D eigenvalue weighted by molar-refractivity contribution is 0.0704. The van der Waals surface area contributed by atoms with E-state index in [1.807, 2.05) is 0 Å². The summed E-state index contributed by atoms with van der Waals surface area (Å²) in [6.45, 7) is 14.6. The van der Waals surface area contributed by atoms with Gasteiger partial charge < -0.3 is 13.9 Å². The molecule has 0 spiro atoms. The first-order valence-corrected chi connectivity index (χ1v) is 8.20. The van der Waals surface area contributed by atoms with Gasteiger partial charge in [0.2, 0.25) is 0 Å². The molecule has 0 radical (unpaired) electrons. The zero-order valence-electron chi connectivity index (χ0n) is 10.8. The Hall–Kier alpha value is -0.813. The van der Waals surface area contributed by atoms with Crippen LogP contribution in [0.25, 0.3) is 0 Å². The van der Waals surface area contributed by atoms with E-state index in [4.69, 9.17) is 9.16 Å². The molecular formula is C11H22O4Si. The van der Waals surface area contributed by atoms with Crippen molar-refractivity contribution in [2.24, 2.45) is 0 Å². The Morgan fingerprint density at radius 2 is 1.88 bits per heavy atom. The molecular weight excluding hydrogens is 224 g/mol. The zero-order valence-corrected chi connectivity index (χ0v) is 11.8. The fourth-order valence-electron chi connectivity index (χ4n) is 0.740. The molecule has 0 N–H and O–H groups in total. The molecule has 0 saturated carbocycles. The molecule has 0 atom stereocenters. The predicted molar refractivity (Wildman–Crippen MR) is 65.8 cm³/mol. The van der Waals surface area contributed by atoms with Crippen LogP contribution in [0.15, 0.2) is 12.8 Å². The van der Waals surface area contributed by atoms with Crippen LogP contribution in [0, 0.1) is 0 Å². The molecule has 0 fully saturated rings. The van der Waals surface area contributed by atoms with Gasteiger partial charge in [0.05, 0.1) is 12.9 Å². The molecule has 0 rings (SSSR count). The van der Waals surface area contributed by atoms with E-state index in [2.05, 4.69) is 45.2 Å². The molecule has 0 aliphatic carbocycles. The standard InChI is InChI=1S/C11H22O4Si/c1-7-13-10(12)14-8-9-15-16(5,6)11(2,3)4/h7H,1,8-9H2,2-6H3. The molecule has 0 aliphatic heterocycles. The maximum atomic E-state index is 10.8. The van der Waals surface area contributed by atoms with Gasteiger partial charge in [-0.1, -0.05) is 27.4 Å². The van der Waals surface area contributed by atoms with Crippen LogP contribution in [0.1, 0.15) is 20.8 Å². The number of carbonyl (C=O) groups excluding carboxylic acids is 1. The largest absolute Gasteiger partial charge is 0.513 e. The van der Waals surface area contributed by atoms with Crippen LogP contribution < -0.4 is 0 Å². The van der Waals surface area contributed by atoms with Crippen molar-refractivity contribution in [3.05, 3.63) is 12.8 Å². The summed E-state index contributed by atoms with van der Waals surface area (Å²) in [7, 11) is -1.75. The average molecular weight is 246 g/mol. The lowest BCUT2D eigenvalue weighted by atomic mass is 10.2. The minimum Gasteiger partial charge on any atom is -0.432 e. The molecule has 4 nitrogen and oxygen atoms in total. The lowest BCUT2D eigenvalue weighted by Gasteiger charge is -2.35. The highest BCUT2D eigenvalue weighted by Gasteiger charge is 2.36. The van der Waals surface area contributed by atoms with Crippen LogP contribution in [-0.4, -0.2) is 27.7 Å². The van der Waals surface area contributed by atoms with Gasteiger partial charge in [-0.3, -0.25) is 0 Å². The lowest BCUT2D eigenvalue weighted by Crippen LogP contribution is -2.41. The molecule has 5 heteroatoms. The zero-order chi connectivity index (χ0) is 12.8. The van der Waals surface area contributed by atoms with Crippen molar-refractivity contribution >= 4 is 14.5 Å². The van der Waals surface area contributed by atoms with Crippen LogP contribution in [0.3, 0.4) is 0 Å². The van der Waals surface area contributed by atoms with Gasteiger partial charge in [0.15, 0.2) is 8.32 Å². The van der Waals surface area contributed by atoms with Crippen LogP contribution in [-0.2, 0) is 13.9 Å². The number of hydrogen-bond donors (Lipinski definition) is 0. The van der Waals surface area contributed by atoms with E-state index in [9.17, 15) is 4.79 Å². The fourth-order valence-corrected chi connectivity index (χ4v) is 1.77. The van der Waals surface area contributed by atoms with E-state index in [0.29, 0.717) is 6.61 Å². The Bertz CT molecular complexity index is 243. The minimum atomic E-state index is -1.75. The first kappa shape index (κ1) is 15.2. The second kappa shape index (κ2) is 6.05. The number of hydrogen-bond acceptors (Lipinski definition) is 4. The van der Waals surface area contributed by atoms with Crippen LogP contribution in [0.5, 0.6) is 0 Å². The van der Waals surface area contributed by atoms with Crippen molar-refractivity contribution in [2.45, 2.75) is 38.9 Å². The third-order valence-electron chi connectivity index (χ3n) is 2.75. The molecule has 0 bridgehead atoms. The Balaban J connectivity index is 3.82. The summed E-state index contributed by atoms with van der Waals surface area (Å²) in [4.78, 5) is 10.8. The van der Waals surface area contributed by atoms with E-state index >= 15 is 0 Å². The van der Waals surface area contributed by atoms with Crippen molar-refractivity contribution in [1.29, 1.82) is 0 Å². The van der Waals surface area contributed by atoms with Crippen molar-refractivity contribution in [1.82, 2.24) is 0 Å². The van der Waals surface area contributed by atoms with Gasteiger partial charge >= 0.3 is 6.16 Å². The number of rotatable bonds is 5. The molecule has 0 amide bonds. The van der Waals surface area contributed by atoms with Gasteiger partial charge in [-0.05, 0) is 18.1 Å². The molecule has 16 heavy (non-hydrogen) atoms. The second-order valence-corrected chi connectivity index (χ2v) is 9.80. The fraction of sp³-hybridized carbons (Fsp3) is 0.727.